The normalized spacial score (nSPS) is 15.2. The molecule has 0 atom stereocenters. The molecule has 0 fully saturated rings. The molecule has 0 radical (unpaired) electrons. The topological polar surface area (TPSA) is 77.3 Å². The molecular formula is C19H21ClN4. The van der Waals surface area contributed by atoms with Gasteiger partial charge in [-0.1, -0.05) is 29.8 Å². The minimum Gasteiger partial charge on any atom is -0.370 e. The standard InChI is InChI=1S/C19H21ClN4/c1-2-16(24-19(21)22)13-8-9-17-14(10-13)18(15(20)11-23-17)12-6-4-3-5-7-12/h2,6,8-11H,3-5,7H2,1H3,(H4,21,22,24). The molecule has 0 saturated carbocycles. The lowest BCUT2D eigenvalue weighted by atomic mass is 9.91. The van der Waals surface area contributed by atoms with Gasteiger partial charge in [-0.2, -0.15) is 0 Å². The fraction of sp³-hybridized carbons (Fsp3) is 0.263. The number of fused-ring (bicyclic) bond motifs is 1. The number of pyridine rings is 1. The Labute approximate surface area is 146 Å². The van der Waals surface area contributed by atoms with E-state index in [2.05, 4.69) is 22.1 Å². The van der Waals surface area contributed by atoms with Crippen molar-refractivity contribution in [1.29, 1.82) is 0 Å². The number of hydrogen-bond acceptors (Lipinski definition) is 2. The van der Waals surface area contributed by atoms with Crippen molar-refractivity contribution in [3.63, 3.8) is 0 Å². The zero-order valence-corrected chi connectivity index (χ0v) is 14.5. The number of rotatable bonds is 3. The predicted molar refractivity (Wildman–Crippen MR) is 103 cm³/mol. The molecule has 1 aromatic heterocycles. The second-order valence-corrected chi connectivity index (χ2v) is 6.31. The van der Waals surface area contributed by atoms with E-state index in [0.717, 1.165) is 40.6 Å². The number of benzene rings is 1. The molecule has 4 nitrogen and oxygen atoms in total. The summed E-state index contributed by atoms with van der Waals surface area (Å²) in [6.07, 6.45) is 10.5. The Kier molecular flexibility index (Phi) is 4.86. The Morgan fingerprint density at radius 3 is 2.79 bits per heavy atom. The molecule has 0 unspecified atom stereocenters. The van der Waals surface area contributed by atoms with Gasteiger partial charge >= 0.3 is 0 Å². The monoisotopic (exact) mass is 340 g/mol. The summed E-state index contributed by atoms with van der Waals surface area (Å²) in [6, 6.07) is 6.03. The summed E-state index contributed by atoms with van der Waals surface area (Å²) in [7, 11) is 0. The van der Waals surface area contributed by atoms with Crippen LogP contribution in [0.2, 0.25) is 5.02 Å². The van der Waals surface area contributed by atoms with Crippen LogP contribution < -0.4 is 11.5 Å². The molecule has 0 spiro atoms. The van der Waals surface area contributed by atoms with Crippen molar-refractivity contribution in [3.05, 3.63) is 52.7 Å². The minimum atomic E-state index is 0.0441. The van der Waals surface area contributed by atoms with E-state index in [1.807, 2.05) is 25.1 Å². The predicted octanol–water partition coefficient (Wildman–Crippen LogP) is 4.48. The highest BCUT2D eigenvalue weighted by atomic mass is 35.5. The van der Waals surface area contributed by atoms with Crippen LogP contribution in [0.3, 0.4) is 0 Å². The van der Waals surface area contributed by atoms with Crippen LogP contribution in [-0.4, -0.2) is 10.9 Å². The molecule has 1 heterocycles. The Hall–Kier alpha value is -2.33. The average Bonchev–Trinajstić information content (AvgIpc) is 2.59. The van der Waals surface area contributed by atoms with Gasteiger partial charge in [0.15, 0.2) is 5.96 Å². The van der Waals surface area contributed by atoms with Crippen molar-refractivity contribution in [2.75, 3.05) is 0 Å². The molecule has 0 saturated heterocycles. The fourth-order valence-electron chi connectivity index (χ4n) is 3.15. The van der Waals surface area contributed by atoms with Gasteiger partial charge < -0.3 is 11.5 Å². The SMILES string of the molecule is CC=C(N=C(N)N)c1ccc2ncc(Cl)c(C3=CCCCC3)c2c1. The molecule has 4 N–H and O–H groups in total. The van der Waals surface area contributed by atoms with Gasteiger partial charge in [0.1, 0.15) is 0 Å². The average molecular weight is 341 g/mol. The zero-order valence-electron chi connectivity index (χ0n) is 13.7. The van der Waals surface area contributed by atoms with Crippen LogP contribution in [-0.2, 0) is 0 Å². The third-order valence-corrected chi connectivity index (χ3v) is 4.54. The summed E-state index contributed by atoms with van der Waals surface area (Å²) in [5, 5.41) is 1.73. The Morgan fingerprint density at radius 1 is 1.29 bits per heavy atom. The lowest BCUT2D eigenvalue weighted by molar-refractivity contribution is 0.742. The van der Waals surface area contributed by atoms with Gasteiger partial charge in [-0.25, -0.2) is 4.99 Å². The van der Waals surface area contributed by atoms with Gasteiger partial charge in [-0.05, 0) is 50.3 Å². The Balaban J connectivity index is 2.21. The summed E-state index contributed by atoms with van der Waals surface area (Å²) in [5.74, 6) is 0.0441. The lowest BCUT2D eigenvalue weighted by Crippen LogP contribution is -2.22. The number of halogens is 1. The smallest absolute Gasteiger partial charge is 0.191 e. The first-order valence-electron chi connectivity index (χ1n) is 8.14. The van der Waals surface area contributed by atoms with Crippen LogP contribution >= 0.6 is 11.6 Å². The maximum absolute atomic E-state index is 6.50. The molecule has 24 heavy (non-hydrogen) atoms. The van der Waals surface area contributed by atoms with Gasteiger partial charge in [0, 0.05) is 22.7 Å². The van der Waals surface area contributed by atoms with Crippen molar-refractivity contribution >= 4 is 39.7 Å². The summed E-state index contributed by atoms with van der Waals surface area (Å²) in [6.45, 7) is 1.91. The lowest BCUT2D eigenvalue weighted by Gasteiger charge is -2.17. The van der Waals surface area contributed by atoms with Crippen LogP contribution in [0.25, 0.3) is 22.2 Å². The van der Waals surface area contributed by atoms with Crippen LogP contribution in [0.4, 0.5) is 0 Å². The molecule has 0 bridgehead atoms. The van der Waals surface area contributed by atoms with E-state index in [0.29, 0.717) is 5.02 Å². The molecule has 0 aliphatic heterocycles. The van der Waals surface area contributed by atoms with Gasteiger partial charge in [-0.3, -0.25) is 4.98 Å². The number of hydrogen-bond donors (Lipinski definition) is 2. The van der Waals surface area contributed by atoms with E-state index in [1.165, 1.54) is 18.4 Å². The molecule has 3 rings (SSSR count). The quantitative estimate of drug-likeness (QED) is 0.638. The molecule has 0 amide bonds. The second kappa shape index (κ2) is 7.05. The van der Waals surface area contributed by atoms with E-state index in [9.17, 15) is 0 Å². The van der Waals surface area contributed by atoms with E-state index in [-0.39, 0.29) is 5.96 Å². The first kappa shape index (κ1) is 16.5. The number of nitrogens with two attached hydrogens (primary N) is 2. The number of aliphatic imine (C=N–C) groups is 1. The van der Waals surface area contributed by atoms with Crippen molar-refractivity contribution < 1.29 is 0 Å². The highest BCUT2D eigenvalue weighted by Gasteiger charge is 2.15. The summed E-state index contributed by atoms with van der Waals surface area (Å²) < 4.78 is 0. The molecule has 1 aliphatic rings. The van der Waals surface area contributed by atoms with Crippen molar-refractivity contribution in [3.8, 4) is 0 Å². The molecule has 1 aliphatic carbocycles. The Morgan fingerprint density at radius 2 is 2.12 bits per heavy atom. The van der Waals surface area contributed by atoms with Crippen LogP contribution in [0.15, 0.2) is 41.5 Å². The third kappa shape index (κ3) is 3.29. The first-order valence-corrected chi connectivity index (χ1v) is 8.52. The zero-order chi connectivity index (χ0) is 17.1. The molecule has 2 aromatic rings. The van der Waals surface area contributed by atoms with E-state index >= 15 is 0 Å². The molecule has 5 heteroatoms. The molecule has 1 aromatic carbocycles. The summed E-state index contributed by atoms with van der Waals surface area (Å²) >= 11 is 6.50. The minimum absolute atomic E-state index is 0.0441. The number of allylic oxidation sites excluding steroid dienone is 3. The number of guanidine groups is 1. The molecular weight excluding hydrogens is 320 g/mol. The number of nitrogens with zero attached hydrogens (tertiary/aromatic N) is 2. The largest absolute Gasteiger partial charge is 0.370 e. The van der Waals surface area contributed by atoms with Gasteiger partial charge in [0.2, 0.25) is 0 Å². The highest BCUT2D eigenvalue weighted by molar-refractivity contribution is 6.33. The highest BCUT2D eigenvalue weighted by Crippen LogP contribution is 2.36. The van der Waals surface area contributed by atoms with Crippen molar-refractivity contribution in [1.82, 2.24) is 4.98 Å². The van der Waals surface area contributed by atoms with Crippen molar-refractivity contribution in [2.45, 2.75) is 32.6 Å². The van der Waals surface area contributed by atoms with Crippen LogP contribution in [0.5, 0.6) is 0 Å². The first-order chi connectivity index (χ1) is 11.6. The van der Waals surface area contributed by atoms with E-state index in [4.69, 9.17) is 23.1 Å². The van der Waals surface area contributed by atoms with Crippen LogP contribution in [0, 0.1) is 0 Å². The van der Waals surface area contributed by atoms with E-state index < -0.39 is 0 Å². The maximum Gasteiger partial charge on any atom is 0.191 e. The van der Waals surface area contributed by atoms with Gasteiger partial charge in [0.05, 0.1) is 16.2 Å². The third-order valence-electron chi connectivity index (χ3n) is 4.25. The second-order valence-electron chi connectivity index (χ2n) is 5.90. The van der Waals surface area contributed by atoms with Crippen LogP contribution in [0.1, 0.15) is 43.7 Å². The summed E-state index contributed by atoms with van der Waals surface area (Å²) in [5.41, 5.74) is 16.1. The maximum atomic E-state index is 6.50. The van der Waals surface area contributed by atoms with Gasteiger partial charge in [-0.15, -0.1) is 0 Å². The van der Waals surface area contributed by atoms with E-state index in [1.54, 1.807) is 6.20 Å². The number of aromatic nitrogens is 1. The molecule has 124 valence electrons. The summed E-state index contributed by atoms with van der Waals surface area (Å²) in [4.78, 5) is 8.66. The van der Waals surface area contributed by atoms with Gasteiger partial charge in [0.25, 0.3) is 0 Å². The van der Waals surface area contributed by atoms with Crippen molar-refractivity contribution in [2.24, 2.45) is 16.5 Å². The fourth-order valence-corrected chi connectivity index (χ4v) is 3.43. The Bertz CT molecular complexity index is 861.